The Morgan fingerprint density at radius 1 is 1.50 bits per heavy atom. The maximum atomic E-state index is 12.7. The van der Waals surface area contributed by atoms with Gasteiger partial charge in [0.15, 0.2) is 0 Å². The van der Waals surface area contributed by atoms with E-state index in [4.69, 9.17) is 17.3 Å². The molecule has 1 unspecified atom stereocenters. The highest BCUT2D eigenvalue weighted by Crippen LogP contribution is 2.28. The van der Waals surface area contributed by atoms with Crippen LogP contribution in [0.4, 0.5) is 5.69 Å². The average molecular weight is 318 g/mol. The molecule has 8 heteroatoms. The highest BCUT2D eigenvalue weighted by atomic mass is 35.5. The number of hydrogen-bond acceptors (Lipinski definition) is 4. The number of sulfonamides is 1. The van der Waals surface area contributed by atoms with E-state index < -0.39 is 16.1 Å². The van der Waals surface area contributed by atoms with Crippen LogP contribution in [0.5, 0.6) is 0 Å². The Labute approximate surface area is 122 Å². The summed E-state index contributed by atoms with van der Waals surface area (Å²) in [6.07, 6.45) is 0.400. The molecular formula is C12H16ClN3O3S. The monoisotopic (exact) mass is 317 g/mol. The van der Waals surface area contributed by atoms with Gasteiger partial charge < -0.3 is 11.1 Å². The molecule has 0 aromatic heterocycles. The van der Waals surface area contributed by atoms with Crippen LogP contribution in [0.3, 0.4) is 0 Å². The Morgan fingerprint density at radius 2 is 2.20 bits per heavy atom. The minimum atomic E-state index is -3.82. The molecule has 1 aromatic rings. The molecule has 0 radical (unpaired) electrons. The predicted octanol–water partition coefficient (Wildman–Crippen LogP) is 0.821. The second-order valence-electron chi connectivity index (χ2n) is 4.52. The zero-order valence-corrected chi connectivity index (χ0v) is 12.5. The van der Waals surface area contributed by atoms with Crippen LogP contribution in [0.25, 0.3) is 0 Å². The first kappa shape index (κ1) is 15.1. The minimum absolute atomic E-state index is 0.0264. The lowest BCUT2D eigenvalue weighted by Gasteiger charge is -2.33. The SMILES string of the molecule is CCC1C(=O)NCCN1S(=O)(=O)c1ccc(N)cc1Cl. The Balaban J connectivity index is 2.45. The van der Waals surface area contributed by atoms with Crippen LogP contribution in [0.1, 0.15) is 13.3 Å². The molecule has 20 heavy (non-hydrogen) atoms. The number of nitrogens with zero attached hydrogens (tertiary/aromatic N) is 1. The lowest BCUT2D eigenvalue weighted by atomic mass is 10.2. The quantitative estimate of drug-likeness (QED) is 0.807. The summed E-state index contributed by atoms with van der Waals surface area (Å²) in [6.45, 7) is 2.29. The van der Waals surface area contributed by atoms with Crippen LogP contribution >= 0.6 is 11.6 Å². The van der Waals surface area contributed by atoms with Crippen LogP contribution < -0.4 is 11.1 Å². The molecule has 2 rings (SSSR count). The fourth-order valence-electron chi connectivity index (χ4n) is 2.22. The van der Waals surface area contributed by atoms with Gasteiger partial charge in [0.2, 0.25) is 15.9 Å². The summed E-state index contributed by atoms with van der Waals surface area (Å²) in [5.41, 5.74) is 5.95. The third kappa shape index (κ3) is 2.61. The molecule has 1 atom stereocenters. The maximum absolute atomic E-state index is 12.7. The van der Waals surface area contributed by atoms with Crippen molar-refractivity contribution in [2.75, 3.05) is 18.8 Å². The van der Waals surface area contributed by atoms with Gasteiger partial charge in [-0.1, -0.05) is 18.5 Å². The molecule has 1 aliphatic rings. The molecule has 0 spiro atoms. The van der Waals surface area contributed by atoms with Crippen LogP contribution in [0.2, 0.25) is 5.02 Å². The Morgan fingerprint density at radius 3 is 2.80 bits per heavy atom. The molecule has 0 saturated carbocycles. The summed E-state index contributed by atoms with van der Waals surface area (Å²) in [7, 11) is -3.82. The number of anilines is 1. The lowest BCUT2D eigenvalue weighted by Crippen LogP contribution is -2.56. The minimum Gasteiger partial charge on any atom is -0.399 e. The van der Waals surface area contributed by atoms with E-state index in [1.54, 1.807) is 6.92 Å². The number of hydrogen-bond donors (Lipinski definition) is 2. The molecule has 0 bridgehead atoms. The lowest BCUT2D eigenvalue weighted by molar-refractivity contribution is -0.126. The number of halogens is 1. The molecule has 1 aromatic carbocycles. The number of nitrogens with one attached hydrogen (secondary N) is 1. The van der Waals surface area contributed by atoms with Gasteiger partial charge in [0.05, 0.1) is 5.02 Å². The molecule has 1 aliphatic heterocycles. The van der Waals surface area contributed by atoms with E-state index in [9.17, 15) is 13.2 Å². The summed E-state index contributed by atoms with van der Waals surface area (Å²) in [5.74, 6) is -0.283. The number of carbonyl (C=O) groups excluding carboxylic acids is 1. The average Bonchev–Trinajstić information content (AvgIpc) is 2.37. The van der Waals surface area contributed by atoms with Crippen LogP contribution in [-0.2, 0) is 14.8 Å². The van der Waals surface area contributed by atoms with E-state index in [2.05, 4.69) is 5.32 Å². The summed E-state index contributed by atoms with van der Waals surface area (Å²) >= 11 is 5.97. The van der Waals surface area contributed by atoms with Crippen molar-refractivity contribution >= 4 is 33.2 Å². The van der Waals surface area contributed by atoms with Gasteiger partial charge in [-0.3, -0.25) is 4.79 Å². The highest BCUT2D eigenvalue weighted by Gasteiger charge is 2.38. The van der Waals surface area contributed by atoms with Crippen molar-refractivity contribution in [2.45, 2.75) is 24.3 Å². The van der Waals surface area contributed by atoms with Crippen LogP contribution in [-0.4, -0.2) is 37.8 Å². The number of nitrogens with two attached hydrogens (primary N) is 1. The van der Waals surface area contributed by atoms with Crippen molar-refractivity contribution < 1.29 is 13.2 Å². The molecule has 0 aliphatic carbocycles. The van der Waals surface area contributed by atoms with Crippen molar-refractivity contribution in [3.8, 4) is 0 Å². The first-order valence-electron chi connectivity index (χ1n) is 6.22. The van der Waals surface area contributed by atoms with Crippen LogP contribution in [0, 0.1) is 0 Å². The number of carbonyl (C=O) groups is 1. The number of piperazine rings is 1. The first-order valence-corrected chi connectivity index (χ1v) is 8.04. The molecule has 1 fully saturated rings. The van der Waals surface area contributed by atoms with Crippen LogP contribution in [0.15, 0.2) is 23.1 Å². The highest BCUT2D eigenvalue weighted by molar-refractivity contribution is 7.89. The van der Waals surface area contributed by atoms with Gasteiger partial charge >= 0.3 is 0 Å². The summed E-state index contributed by atoms with van der Waals surface area (Å²) in [5, 5.41) is 2.72. The Kier molecular flexibility index (Phi) is 4.22. The predicted molar refractivity (Wildman–Crippen MR) is 76.8 cm³/mol. The summed E-state index contributed by atoms with van der Waals surface area (Å²) in [6, 6.07) is 3.53. The number of benzene rings is 1. The molecule has 1 saturated heterocycles. The van der Waals surface area contributed by atoms with Gasteiger partial charge in [-0.05, 0) is 24.6 Å². The maximum Gasteiger partial charge on any atom is 0.245 e. The molecule has 1 heterocycles. The first-order chi connectivity index (χ1) is 9.37. The molecular weight excluding hydrogens is 302 g/mol. The summed E-state index contributed by atoms with van der Waals surface area (Å²) in [4.78, 5) is 11.8. The Hall–Kier alpha value is -1.31. The van der Waals surface area contributed by atoms with E-state index in [0.717, 1.165) is 0 Å². The van der Waals surface area contributed by atoms with E-state index in [-0.39, 0.29) is 22.4 Å². The van der Waals surface area contributed by atoms with Gasteiger partial charge in [0, 0.05) is 18.8 Å². The smallest absolute Gasteiger partial charge is 0.245 e. The fraction of sp³-hybridized carbons (Fsp3) is 0.417. The van der Waals surface area contributed by atoms with E-state index in [0.29, 0.717) is 18.7 Å². The van der Waals surface area contributed by atoms with Gasteiger partial charge in [-0.25, -0.2) is 8.42 Å². The van der Waals surface area contributed by atoms with E-state index >= 15 is 0 Å². The topological polar surface area (TPSA) is 92.5 Å². The van der Waals surface area contributed by atoms with E-state index in [1.807, 2.05) is 0 Å². The fourth-order valence-corrected chi connectivity index (χ4v) is 4.41. The molecule has 110 valence electrons. The third-order valence-electron chi connectivity index (χ3n) is 3.21. The van der Waals surface area contributed by atoms with Gasteiger partial charge in [-0.15, -0.1) is 0 Å². The molecule has 6 nitrogen and oxygen atoms in total. The second-order valence-corrected chi connectivity index (χ2v) is 6.79. The van der Waals surface area contributed by atoms with Crippen molar-refractivity contribution in [1.82, 2.24) is 9.62 Å². The molecule has 3 N–H and O–H groups in total. The number of nitrogen functional groups attached to an aromatic ring is 1. The van der Waals surface area contributed by atoms with Crippen molar-refractivity contribution in [3.05, 3.63) is 23.2 Å². The normalized spacial score (nSPS) is 20.7. The van der Waals surface area contributed by atoms with Crippen molar-refractivity contribution in [2.24, 2.45) is 0 Å². The number of amides is 1. The zero-order chi connectivity index (χ0) is 14.9. The standard InChI is InChI=1S/C12H16ClN3O3S/c1-2-10-12(17)15-5-6-16(10)20(18,19)11-4-3-8(14)7-9(11)13/h3-4,7,10H,2,5-6,14H2,1H3,(H,15,17). The van der Waals surface area contributed by atoms with Gasteiger partial charge in [0.25, 0.3) is 0 Å². The van der Waals surface area contributed by atoms with Crippen molar-refractivity contribution in [1.29, 1.82) is 0 Å². The van der Waals surface area contributed by atoms with Crippen molar-refractivity contribution in [3.63, 3.8) is 0 Å². The molecule has 1 amide bonds. The van der Waals surface area contributed by atoms with Gasteiger partial charge in [-0.2, -0.15) is 4.31 Å². The zero-order valence-electron chi connectivity index (χ0n) is 11.0. The summed E-state index contributed by atoms with van der Waals surface area (Å²) < 4.78 is 26.5. The third-order valence-corrected chi connectivity index (χ3v) is 5.60. The largest absolute Gasteiger partial charge is 0.399 e. The van der Waals surface area contributed by atoms with E-state index in [1.165, 1.54) is 22.5 Å². The second kappa shape index (κ2) is 5.59. The van der Waals surface area contributed by atoms with Gasteiger partial charge in [0.1, 0.15) is 10.9 Å². The number of rotatable bonds is 3. The Bertz CT molecular complexity index is 633.